The summed E-state index contributed by atoms with van der Waals surface area (Å²) in [6.07, 6.45) is -0.231. The Morgan fingerprint density at radius 1 is 1.32 bits per heavy atom. The Bertz CT molecular complexity index is 739. The molecular weight excluding hydrogens is 324 g/mol. The number of nitrogens with zero attached hydrogens (tertiary/aromatic N) is 2. The highest BCUT2D eigenvalue weighted by Gasteiger charge is 2.41. The topological polar surface area (TPSA) is 104 Å². The van der Waals surface area contributed by atoms with Crippen molar-refractivity contribution in [3.63, 3.8) is 0 Å². The lowest BCUT2D eigenvalue weighted by atomic mass is 10.1. The second-order valence-corrected chi connectivity index (χ2v) is 7.54. The summed E-state index contributed by atoms with van der Waals surface area (Å²) < 4.78 is 0. The monoisotopic (exact) mass is 338 g/mol. The van der Waals surface area contributed by atoms with Gasteiger partial charge in [0.05, 0.1) is 4.88 Å². The summed E-state index contributed by atoms with van der Waals surface area (Å²) in [5.74, 6) is -0.0448. The Hall–Kier alpha value is -2.00. The molecule has 0 radical (unpaired) electrons. The zero-order valence-corrected chi connectivity index (χ0v) is 13.5. The van der Waals surface area contributed by atoms with Crippen LogP contribution in [0.1, 0.15) is 37.5 Å². The van der Waals surface area contributed by atoms with Gasteiger partial charge in [-0.3, -0.25) is 10.1 Å². The maximum atomic E-state index is 12.2. The summed E-state index contributed by atoms with van der Waals surface area (Å²) in [6, 6.07) is 1.80. The van der Waals surface area contributed by atoms with Crippen LogP contribution < -0.4 is 10.6 Å². The van der Waals surface area contributed by atoms with Crippen LogP contribution in [-0.4, -0.2) is 33.3 Å². The number of thiophene rings is 1. The van der Waals surface area contributed by atoms with Gasteiger partial charge in [0.1, 0.15) is 5.01 Å². The third kappa shape index (κ3) is 3.09. The Morgan fingerprint density at radius 3 is 2.73 bits per heavy atom. The zero-order chi connectivity index (χ0) is 15.9. The van der Waals surface area contributed by atoms with Gasteiger partial charge in [-0.15, -0.1) is 21.5 Å². The van der Waals surface area contributed by atoms with Gasteiger partial charge in [0.25, 0.3) is 5.91 Å². The molecule has 1 fully saturated rings. The van der Waals surface area contributed by atoms with Gasteiger partial charge in [0, 0.05) is 16.8 Å². The summed E-state index contributed by atoms with van der Waals surface area (Å²) in [5.41, 5.74) is 1.04. The molecule has 3 N–H and O–H groups in total. The van der Waals surface area contributed by atoms with Gasteiger partial charge in [-0.05, 0) is 31.9 Å². The quantitative estimate of drug-likeness (QED) is 0.795. The molecule has 2 amide bonds. The summed E-state index contributed by atoms with van der Waals surface area (Å²) in [7, 11) is 0. The minimum Gasteiger partial charge on any atom is -0.465 e. The highest BCUT2D eigenvalue weighted by atomic mass is 32.1. The van der Waals surface area contributed by atoms with Gasteiger partial charge in [0.15, 0.2) is 0 Å². The van der Waals surface area contributed by atoms with E-state index in [2.05, 4.69) is 20.8 Å². The first-order valence-electron chi connectivity index (χ1n) is 6.65. The van der Waals surface area contributed by atoms with E-state index >= 15 is 0 Å². The maximum Gasteiger partial charge on any atom is 0.404 e. The zero-order valence-electron chi connectivity index (χ0n) is 11.9. The van der Waals surface area contributed by atoms with Gasteiger partial charge < -0.3 is 10.4 Å². The second kappa shape index (κ2) is 5.65. The summed E-state index contributed by atoms with van der Waals surface area (Å²) in [6.45, 7) is 3.77. The van der Waals surface area contributed by atoms with E-state index in [0.29, 0.717) is 10.0 Å². The molecule has 2 heterocycles. The maximum absolute atomic E-state index is 12.2. The molecule has 0 bridgehead atoms. The van der Waals surface area contributed by atoms with Crippen LogP contribution in [-0.2, 0) is 0 Å². The highest BCUT2D eigenvalue weighted by molar-refractivity contribution is 7.16. The standard InChI is InChI=1S/C13H14N4O3S2/c1-5-7(8-3-9(8)14-13(19)20)4-10(21-5)11(18)15-12-17-16-6(2)22-12/h4,8-9,14H,3H2,1-2H3,(H,19,20)(H,15,17,18). The van der Waals surface area contributed by atoms with E-state index in [9.17, 15) is 9.59 Å². The van der Waals surface area contributed by atoms with Crippen molar-refractivity contribution in [3.8, 4) is 0 Å². The van der Waals surface area contributed by atoms with E-state index < -0.39 is 6.09 Å². The van der Waals surface area contributed by atoms with Crippen LogP contribution in [0, 0.1) is 13.8 Å². The predicted molar refractivity (Wildman–Crippen MR) is 84.0 cm³/mol. The second-order valence-electron chi connectivity index (χ2n) is 5.10. The number of anilines is 1. The number of carbonyl (C=O) groups excluding carboxylic acids is 1. The number of nitrogens with one attached hydrogen (secondary N) is 2. The van der Waals surface area contributed by atoms with E-state index in [4.69, 9.17) is 5.11 Å². The Kier molecular flexibility index (Phi) is 3.83. The number of aryl methyl sites for hydroxylation is 2. The van der Waals surface area contributed by atoms with E-state index in [1.54, 1.807) is 0 Å². The molecule has 9 heteroatoms. The molecule has 0 spiro atoms. The number of rotatable bonds is 4. The molecular formula is C13H14N4O3S2. The normalized spacial score (nSPS) is 19.7. The molecule has 2 aromatic rings. The van der Waals surface area contributed by atoms with Crippen molar-refractivity contribution in [2.45, 2.75) is 32.2 Å². The first-order chi connectivity index (χ1) is 10.4. The van der Waals surface area contributed by atoms with Gasteiger partial charge in [-0.25, -0.2) is 4.79 Å². The van der Waals surface area contributed by atoms with E-state index in [1.807, 2.05) is 19.9 Å². The van der Waals surface area contributed by atoms with Gasteiger partial charge in [-0.1, -0.05) is 11.3 Å². The predicted octanol–water partition coefficient (Wildman–Crippen LogP) is 2.59. The van der Waals surface area contributed by atoms with E-state index in [1.165, 1.54) is 22.7 Å². The Morgan fingerprint density at radius 2 is 2.09 bits per heavy atom. The van der Waals surface area contributed by atoms with Crippen molar-refractivity contribution < 1.29 is 14.7 Å². The molecule has 0 aromatic carbocycles. The summed E-state index contributed by atoms with van der Waals surface area (Å²) in [4.78, 5) is 24.5. The Labute approximate surface area is 134 Å². The van der Waals surface area contributed by atoms with Crippen molar-refractivity contribution in [1.82, 2.24) is 15.5 Å². The molecule has 1 aliphatic rings. The van der Waals surface area contributed by atoms with Crippen LogP contribution in [0.25, 0.3) is 0 Å². The molecule has 2 aromatic heterocycles. The van der Waals surface area contributed by atoms with E-state index in [-0.39, 0.29) is 17.9 Å². The van der Waals surface area contributed by atoms with Crippen LogP contribution in [0.3, 0.4) is 0 Å². The lowest BCUT2D eigenvalue weighted by Crippen LogP contribution is -2.24. The summed E-state index contributed by atoms with van der Waals surface area (Å²) >= 11 is 2.73. The summed E-state index contributed by atoms with van der Waals surface area (Å²) in [5, 5.41) is 22.9. The molecule has 1 saturated carbocycles. The smallest absolute Gasteiger partial charge is 0.404 e. The molecule has 7 nitrogen and oxygen atoms in total. The van der Waals surface area contributed by atoms with Crippen molar-refractivity contribution in [2.75, 3.05) is 5.32 Å². The van der Waals surface area contributed by atoms with E-state index in [0.717, 1.165) is 21.9 Å². The lowest BCUT2D eigenvalue weighted by molar-refractivity contribution is 0.103. The average Bonchev–Trinajstić information content (AvgIpc) is 2.86. The van der Waals surface area contributed by atoms with Crippen molar-refractivity contribution in [2.24, 2.45) is 0 Å². The van der Waals surface area contributed by atoms with Crippen LogP contribution in [0.15, 0.2) is 6.07 Å². The Balaban J connectivity index is 1.70. The van der Waals surface area contributed by atoms with Gasteiger partial charge in [-0.2, -0.15) is 0 Å². The van der Waals surface area contributed by atoms with Crippen LogP contribution in [0.2, 0.25) is 0 Å². The molecule has 0 aliphatic heterocycles. The van der Waals surface area contributed by atoms with Crippen molar-refractivity contribution in [1.29, 1.82) is 0 Å². The first kappa shape index (κ1) is 14.9. The first-order valence-corrected chi connectivity index (χ1v) is 8.28. The fourth-order valence-corrected chi connectivity index (χ4v) is 3.91. The van der Waals surface area contributed by atoms with Crippen molar-refractivity contribution in [3.05, 3.63) is 26.4 Å². The molecule has 116 valence electrons. The molecule has 2 atom stereocenters. The number of hydrogen-bond acceptors (Lipinski definition) is 6. The van der Waals surface area contributed by atoms with Crippen LogP contribution in [0.5, 0.6) is 0 Å². The van der Waals surface area contributed by atoms with Gasteiger partial charge in [0.2, 0.25) is 5.13 Å². The highest BCUT2D eigenvalue weighted by Crippen LogP contribution is 2.44. The fourth-order valence-electron chi connectivity index (χ4n) is 2.34. The minimum atomic E-state index is -1.01. The number of carboxylic acid groups (broad SMARTS) is 1. The van der Waals surface area contributed by atoms with Crippen LogP contribution in [0.4, 0.5) is 9.93 Å². The third-order valence-electron chi connectivity index (χ3n) is 3.43. The number of hydrogen-bond donors (Lipinski definition) is 3. The fraction of sp³-hybridized carbons (Fsp3) is 0.385. The van der Waals surface area contributed by atoms with Gasteiger partial charge >= 0.3 is 6.09 Å². The molecule has 0 saturated heterocycles. The number of carbonyl (C=O) groups is 2. The molecule has 22 heavy (non-hydrogen) atoms. The number of amides is 2. The number of aromatic nitrogens is 2. The van der Waals surface area contributed by atoms with Crippen LogP contribution >= 0.6 is 22.7 Å². The molecule has 3 rings (SSSR count). The van der Waals surface area contributed by atoms with Crippen molar-refractivity contribution >= 4 is 39.8 Å². The lowest BCUT2D eigenvalue weighted by Gasteiger charge is -1.99. The molecule has 1 aliphatic carbocycles. The minimum absolute atomic E-state index is 0.0486. The largest absolute Gasteiger partial charge is 0.465 e. The SMILES string of the molecule is Cc1nnc(NC(=O)c2cc(C3CC3NC(=O)O)c(C)s2)s1. The average molecular weight is 338 g/mol. The third-order valence-corrected chi connectivity index (χ3v) is 5.24. The molecule has 2 unspecified atom stereocenters.